The lowest BCUT2D eigenvalue weighted by atomic mass is 10.4. The van der Waals surface area contributed by atoms with Crippen LogP contribution in [0.1, 0.15) is 35.1 Å². The molecule has 0 aromatic carbocycles. The molecular weight excluding hydrogens is 176 g/mol. The fourth-order valence-corrected chi connectivity index (χ4v) is 0.144. The number of ether oxygens (including phenoxy) is 2. The van der Waals surface area contributed by atoms with Crippen LogP contribution in [0.5, 0.6) is 0 Å². The van der Waals surface area contributed by atoms with Gasteiger partial charge in [-0.25, -0.2) is 0 Å². The van der Waals surface area contributed by atoms with Crippen LogP contribution >= 0.6 is 0 Å². The first-order valence-electron chi connectivity index (χ1n) is 4.03. The highest BCUT2D eigenvalue weighted by atomic mass is 16.5. The number of methoxy groups -OCH3 is 1. The molecule has 1 fully saturated rings. The van der Waals surface area contributed by atoms with E-state index in [0.717, 1.165) is 19.0 Å². The molecule has 0 aromatic rings. The van der Waals surface area contributed by atoms with Crippen molar-refractivity contribution in [2.24, 2.45) is 0 Å². The van der Waals surface area contributed by atoms with Crippen molar-refractivity contribution >= 4 is 0 Å². The van der Waals surface area contributed by atoms with Gasteiger partial charge >= 0.3 is 0 Å². The minimum Gasteiger partial charge on any atom is -0.502 e. The summed E-state index contributed by atoms with van der Waals surface area (Å²) in [6.07, 6.45) is 3.03. The van der Waals surface area contributed by atoms with Gasteiger partial charge < -0.3 is 9.47 Å². The number of rotatable bonds is 1. The Morgan fingerprint density at radius 3 is 1.50 bits per heavy atom. The molecule has 0 unspecified atom stereocenters. The standard InChI is InChI=1S/C4H8O.C3H6O.C3H6.2CH4/c1-4(2)5-3;1-2-4-3-1;1-3-2;;/h1H2,2-3H3;1-3H2;3H,1H2,2H3;2*1H4. The van der Waals surface area contributed by atoms with Gasteiger partial charge in [0, 0.05) is 13.2 Å². The fourth-order valence-electron chi connectivity index (χ4n) is 0.144. The predicted molar refractivity (Wildman–Crippen MR) is 66.6 cm³/mol. The predicted octanol–water partition coefficient (Wildman–Crippen LogP) is 4.04. The largest absolute Gasteiger partial charge is 0.502 e. The molecule has 2 heteroatoms. The van der Waals surface area contributed by atoms with E-state index < -0.39 is 0 Å². The van der Waals surface area contributed by atoms with E-state index in [4.69, 9.17) is 4.74 Å². The molecule has 0 N–H and O–H groups in total. The first kappa shape index (κ1) is 23.2. The molecule has 0 aliphatic carbocycles. The highest BCUT2D eigenvalue weighted by Crippen LogP contribution is 1.93. The van der Waals surface area contributed by atoms with Crippen LogP contribution < -0.4 is 0 Å². The van der Waals surface area contributed by atoms with Gasteiger partial charge in [-0.3, -0.25) is 0 Å². The van der Waals surface area contributed by atoms with Crippen LogP contribution in [0, 0.1) is 0 Å². The lowest BCUT2D eigenvalue weighted by Gasteiger charge is -2.09. The molecule has 1 rings (SSSR count). The van der Waals surface area contributed by atoms with Crippen LogP contribution in [-0.2, 0) is 9.47 Å². The van der Waals surface area contributed by atoms with Gasteiger partial charge in [-0.1, -0.05) is 27.5 Å². The second-order valence-electron chi connectivity index (χ2n) is 2.28. The van der Waals surface area contributed by atoms with Crippen LogP contribution in [-0.4, -0.2) is 20.3 Å². The lowest BCUT2D eigenvalue weighted by Crippen LogP contribution is -2.09. The third-order valence-electron chi connectivity index (χ3n) is 0.926. The summed E-state index contributed by atoms with van der Waals surface area (Å²) in [5, 5.41) is 0. The van der Waals surface area contributed by atoms with Gasteiger partial charge in [-0.2, -0.15) is 0 Å². The quantitative estimate of drug-likeness (QED) is 0.474. The van der Waals surface area contributed by atoms with E-state index in [0.29, 0.717) is 0 Å². The molecule has 0 spiro atoms. The normalized spacial score (nSPS) is 10.2. The summed E-state index contributed by atoms with van der Waals surface area (Å²) in [4.78, 5) is 0. The average Bonchev–Trinajstić information content (AvgIpc) is 1.85. The van der Waals surface area contributed by atoms with Crippen LogP contribution in [0.15, 0.2) is 25.0 Å². The molecule has 88 valence electrons. The molecule has 0 radical (unpaired) electrons. The van der Waals surface area contributed by atoms with E-state index in [1.54, 1.807) is 20.1 Å². The number of allylic oxidation sites excluding steroid dienone is 2. The smallest absolute Gasteiger partial charge is 0.0853 e. The van der Waals surface area contributed by atoms with E-state index in [1.165, 1.54) is 6.42 Å². The van der Waals surface area contributed by atoms with Crippen molar-refractivity contribution in [3.05, 3.63) is 25.0 Å². The third-order valence-corrected chi connectivity index (χ3v) is 0.926. The van der Waals surface area contributed by atoms with E-state index in [2.05, 4.69) is 17.9 Å². The van der Waals surface area contributed by atoms with E-state index >= 15 is 0 Å². The molecule has 0 saturated carbocycles. The van der Waals surface area contributed by atoms with Crippen molar-refractivity contribution in [2.45, 2.75) is 35.1 Å². The van der Waals surface area contributed by atoms with E-state index in [-0.39, 0.29) is 14.9 Å². The van der Waals surface area contributed by atoms with Crippen LogP contribution in [0.3, 0.4) is 0 Å². The molecule has 0 amide bonds. The summed E-state index contributed by atoms with van der Waals surface area (Å²) in [5.41, 5.74) is 0. The Kier molecular flexibility index (Phi) is 37.8. The number of hydrogen-bond acceptors (Lipinski definition) is 2. The molecule has 1 aliphatic rings. The highest BCUT2D eigenvalue weighted by Gasteiger charge is 1.94. The second kappa shape index (κ2) is 22.8. The molecular formula is C12H28O2. The molecule has 14 heavy (non-hydrogen) atoms. The molecule has 0 bridgehead atoms. The zero-order chi connectivity index (χ0) is 9.82. The van der Waals surface area contributed by atoms with E-state index in [9.17, 15) is 0 Å². The monoisotopic (exact) mass is 204 g/mol. The van der Waals surface area contributed by atoms with Crippen molar-refractivity contribution < 1.29 is 9.47 Å². The van der Waals surface area contributed by atoms with Gasteiger partial charge in [0.2, 0.25) is 0 Å². The first-order chi connectivity index (χ1) is 5.68. The molecule has 0 atom stereocenters. The zero-order valence-corrected chi connectivity index (χ0v) is 8.43. The summed E-state index contributed by atoms with van der Waals surface area (Å²) >= 11 is 0. The summed E-state index contributed by atoms with van der Waals surface area (Å²) in [5.74, 6) is 0.755. The van der Waals surface area contributed by atoms with Crippen molar-refractivity contribution in [1.82, 2.24) is 0 Å². The maximum Gasteiger partial charge on any atom is 0.0853 e. The summed E-state index contributed by atoms with van der Waals surface area (Å²) in [7, 11) is 1.60. The maximum atomic E-state index is 4.72. The molecule has 1 heterocycles. The summed E-state index contributed by atoms with van der Waals surface area (Å²) < 4.78 is 9.28. The SMILES string of the molecule is C.C.C1COC1.C=C(C)OC.C=CC. The Balaban J connectivity index is -0.0000000513. The van der Waals surface area contributed by atoms with Crippen molar-refractivity contribution in [3.63, 3.8) is 0 Å². The van der Waals surface area contributed by atoms with Gasteiger partial charge in [0.25, 0.3) is 0 Å². The Morgan fingerprint density at radius 2 is 1.50 bits per heavy atom. The Morgan fingerprint density at radius 1 is 1.36 bits per heavy atom. The summed E-state index contributed by atoms with van der Waals surface area (Å²) in [6, 6.07) is 0. The minimum absolute atomic E-state index is 0. The Hall–Kier alpha value is -0.760. The number of hydrogen-bond donors (Lipinski definition) is 0. The second-order valence-corrected chi connectivity index (χ2v) is 2.28. The maximum absolute atomic E-state index is 4.72. The summed E-state index contributed by atoms with van der Waals surface area (Å²) in [6.45, 7) is 12.5. The van der Waals surface area contributed by atoms with E-state index in [1.807, 2.05) is 6.92 Å². The van der Waals surface area contributed by atoms with Crippen LogP contribution in [0.4, 0.5) is 0 Å². The van der Waals surface area contributed by atoms with Gasteiger partial charge in [0.1, 0.15) is 0 Å². The third kappa shape index (κ3) is 42.9. The average molecular weight is 204 g/mol. The molecule has 0 aromatic heterocycles. The molecule has 1 saturated heterocycles. The molecule has 1 aliphatic heterocycles. The van der Waals surface area contributed by atoms with Gasteiger partial charge in [0.15, 0.2) is 0 Å². The molecule has 2 nitrogen and oxygen atoms in total. The minimum atomic E-state index is 0. The zero-order valence-electron chi connectivity index (χ0n) is 8.43. The van der Waals surface area contributed by atoms with Crippen molar-refractivity contribution in [2.75, 3.05) is 20.3 Å². The lowest BCUT2D eigenvalue weighted by molar-refractivity contribution is 0.0367. The van der Waals surface area contributed by atoms with Crippen molar-refractivity contribution in [1.29, 1.82) is 0 Å². The van der Waals surface area contributed by atoms with Crippen molar-refractivity contribution in [3.8, 4) is 0 Å². The van der Waals surface area contributed by atoms with Crippen LogP contribution in [0.2, 0.25) is 0 Å². The van der Waals surface area contributed by atoms with Gasteiger partial charge in [-0.15, -0.1) is 6.58 Å². The first-order valence-corrected chi connectivity index (χ1v) is 4.03. The fraction of sp³-hybridized carbons (Fsp3) is 0.667. The van der Waals surface area contributed by atoms with Gasteiger partial charge in [0.05, 0.1) is 12.9 Å². The Bertz CT molecular complexity index is 101. The van der Waals surface area contributed by atoms with Crippen LogP contribution in [0.25, 0.3) is 0 Å². The topological polar surface area (TPSA) is 18.5 Å². The Labute approximate surface area is 90.6 Å². The highest BCUT2D eigenvalue weighted by molar-refractivity contribution is 4.71. The van der Waals surface area contributed by atoms with Gasteiger partial charge in [-0.05, 0) is 20.3 Å².